The van der Waals surface area contributed by atoms with Crippen molar-refractivity contribution in [2.24, 2.45) is 0 Å². The molecular formula is C20H25N3O3. The standard InChI is InChI=1S/C20H25N3O3/c1-22-10-12-23(13-11-22)16-6-9-19(26-3)18(14-16)21-20(24)15-4-7-17(25-2)8-5-15/h4-9,14H,10-13H2,1-3H3,(H,21,24). The Morgan fingerprint density at radius 2 is 1.65 bits per heavy atom. The molecule has 2 aromatic rings. The Morgan fingerprint density at radius 1 is 0.962 bits per heavy atom. The van der Waals surface area contributed by atoms with E-state index in [0.29, 0.717) is 17.0 Å². The van der Waals surface area contributed by atoms with Gasteiger partial charge in [-0.1, -0.05) is 0 Å². The van der Waals surface area contributed by atoms with Crippen molar-refractivity contribution >= 4 is 17.3 Å². The van der Waals surface area contributed by atoms with Gasteiger partial charge in [0.25, 0.3) is 5.91 Å². The molecule has 3 rings (SSSR count). The minimum atomic E-state index is -0.179. The molecule has 0 aromatic heterocycles. The van der Waals surface area contributed by atoms with E-state index in [1.54, 1.807) is 38.5 Å². The smallest absolute Gasteiger partial charge is 0.255 e. The van der Waals surface area contributed by atoms with Gasteiger partial charge >= 0.3 is 0 Å². The third-order valence-corrected chi connectivity index (χ3v) is 4.65. The van der Waals surface area contributed by atoms with Crippen molar-refractivity contribution in [1.82, 2.24) is 4.90 Å². The zero-order valence-corrected chi connectivity index (χ0v) is 15.5. The number of nitrogens with zero attached hydrogens (tertiary/aromatic N) is 2. The molecule has 0 spiro atoms. The van der Waals surface area contributed by atoms with Crippen molar-refractivity contribution in [3.05, 3.63) is 48.0 Å². The lowest BCUT2D eigenvalue weighted by Crippen LogP contribution is -2.44. The molecule has 138 valence electrons. The van der Waals surface area contributed by atoms with E-state index in [1.807, 2.05) is 18.2 Å². The average Bonchev–Trinajstić information content (AvgIpc) is 2.68. The van der Waals surface area contributed by atoms with E-state index in [-0.39, 0.29) is 5.91 Å². The van der Waals surface area contributed by atoms with E-state index in [2.05, 4.69) is 22.2 Å². The highest BCUT2D eigenvalue weighted by Crippen LogP contribution is 2.30. The Morgan fingerprint density at radius 3 is 2.27 bits per heavy atom. The van der Waals surface area contributed by atoms with Crippen LogP contribution < -0.4 is 19.7 Å². The number of piperazine rings is 1. The predicted molar refractivity (Wildman–Crippen MR) is 104 cm³/mol. The van der Waals surface area contributed by atoms with Crippen LogP contribution >= 0.6 is 0 Å². The maximum absolute atomic E-state index is 12.6. The van der Waals surface area contributed by atoms with Crippen molar-refractivity contribution in [2.75, 3.05) is 57.7 Å². The summed E-state index contributed by atoms with van der Waals surface area (Å²) >= 11 is 0. The number of hydrogen-bond donors (Lipinski definition) is 1. The summed E-state index contributed by atoms with van der Waals surface area (Å²) in [7, 11) is 5.34. The van der Waals surface area contributed by atoms with Crippen LogP contribution in [0.3, 0.4) is 0 Å². The van der Waals surface area contributed by atoms with Gasteiger partial charge in [-0.25, -0.2) is 0 Å². The van der Waals surface area contributed by atoms with Crippen LogP contribution in [0.25, 0.3) is 0 Å². The summed E-state index contributed by atoms with van der Waals surface area (Å²) in [6.07, 6.45) is 0. The molecule has 6 nitrogen and oxygen atoms in total. The molecule has 1 aliphatic heterocycles. The van der Waals surface area contributed by atoms with Gasteiger partial charge in [-0.15, -0.1) is 0 Å². The lowest BCUT2D eigenvalue weighted by atomic mass is 10.1. The normalized spacial score (nSPS) is 14.8. The van der Waals surface area contributed by atoms with Gasteiger partial charge in [0.05, 0.1) is 19.9 Å². The number of ether oxygens (including phenoxy) is 2. The number of carbonyl (C=O) groups is 1. The molecule has 6 heteroatoms. The molecule has 1 N–H and O–H groups in total. The first kappa shape index (κ1) is 18.1. The molecule has 0 bridgehead atoms. The summed E-state index contributed by atoms with van der Waals surface area (Å²) in [5, 5.41) is 2.96. The van der Waals surface area contributed by atoms with Crippen molar-refractivity contribution in [3.63, 3.8) is 0 Å². The second-order valence-electron chi connectivity index (χ2n) is 6.36. The number of hydrogen-bond acceptors (Lipinski definition) is 5. The Labute approximate surface area is 154 Å². The van der Waals surface area contributed by atoms with E-state index < -0.39 is 0 Å². The number of carbonyl (C=O) groups excluding carboxylic acids is 1. The number of rotatable bonds is 5. The maximum atomic E-state index is 12.6. The molecule has 1 amide bonds. The van der Waals surface area contributed by atoms with Gasteiger partial charge in [0, 0.05) is 37.4 Å². The van der Waals surface area contributed by atoms with Crippen molar-refractivity contribution in [3.8, 4) is 11.5 Å². The SMILES string of the molecule is COc1ccc(C(=O)Nc2cc(N3CCN(C)CC3)ccc2OC)cc1. The van der Waals surface area contributed by atoms with E-state index in [9.17, 15) is 4.79 Å². The molecule has 1 saturated heterocycles. The van der Waals surface area contributed by atoms with E-state index in [1.165, 1.54) is 0 Å². The molecular weight excluding hydrogens is 330 g/mol. The molecule has 0 aliphatic carbocycles. The first-order chi connectivity index (χ1) is 12.6. The Balaban J connectivity index is 1.78. The zero-order chi connectivity index (χ0) is 18.5. The monoisotopic (exact) mass is 355 g/mol. The summed E-state index contributed by atoms with van der Waals surface area (Å²) < 4.78 is 10.6. The van der Waals surface area contributed by atoms with E-state index in [4.69, 9.17) is 9.47 Å². The van der Waals surface area contributed by atoms with Crippen molar-refractivity contribution in [2.45, 2.75) is 0 Å². The van der Waals surface area contributed by atoms with Gasteiger partial charge < -0.3 is 24.6 Å². The molecule has 1 aliphatic rings. The second-order valence-corrected chi connectivity index (χ2v) is 6.36. The number of anilines is 2. The number of benzene rings is 2. The lowest BCUT2D eigenvalue weighted by Gasteiger charge is -2.34. The zero-order valence-electron chi connectivity index (χ0n) is 15.5. The van der Waals surface area contributed by atoms with Crippen molar-refractivity contribution in [1.29, 1.82) is 0 Å². The molecule has 26 heavy (non-hydrogen) atoms. The summed E-state index contributed by atoms with van der Waals surface area (Å²) in [6, 6.07) is 12.9. The average molecular weight is 355 g/mol. The van der Waals surface area contributed by atoms with Crippen LogP contribution in [0.2, 0.25) is 0 Å². The molecule has 1 heterocycles. The van der Waals surface area contributed by atoms with Crippen LogP contribution in [0, 0.1) is 0 Å². The first-order valence-electron chi connectivity index (χ1n) is 8.67. The fourth-order valence-corrected chi connectivity index (χ4v) is 2.99. The maximum Gasteiger partial charge on any atom is 0.255 e. The highest BCUT2D eigenvalue weighted by atomic mass is 16.5. The highest BCUT2D eigenvalue weighted by molar-refractivity contribution is 6.05. The summed E-state index contributed by atoms with van der Waals surface area (Å²) in [5.41, 5.74) is 2.33. The van der Waals surface area contributed by atoms with Gasteiger partial charge in [0.1, 0.15) is 11.5 Å². The lowest BCUT2D eigenvalue weighted by molar-refractivity contribution is 0.102. The fourth-order valence-electron chi connectivity index (χ4n) is 2.99. The van der Waals surface area contributed by atoms with Gasteiger partial charge in [0.15, 0.2) is 0 Å². The minimum absolute atomic E-state index is 0.179. The quantitative estimate of drug-likeness (QED) is 0.894. The summed E-state index contributed by atoms with van der Waals surface area (Å²) in [6.45, 7) is 3.99. The molecule has 0 unspecified atom stereocenters. The van der Waals surface area contributed by atoms with Crippen LogP contribution in [-0.2, 0) is 0 Å². The Kier molecular flexibility index (Phi) is 5.63. The van der Waals surface area contributed by atoms with Gasteiger partial charge in [-0.2, -0.15) is 0 Å². The molecule has 1 fully saturated rings. The van der Waals surface area contributed by atoms with Gasteiger partial charge in [-0.05, 0) is 49.5 Å². The third-order valence-electron chi connectivity index (χ3n) is 4.65. The highest BCUT2D eigenvalue weighted by Gasteiger charge is 2.17. The number of methoxy groups -OCH3 is 2. The van der Waals surface area contributed by atoms with Crippen molar-refractivity contribution < 1.29 is 14.3 Å². The molecule has 0 saturated carbocycles. The van der Waals surface area contributed by atoms with Crippen LogP contribution in [0.15, 0.2) is 42.5 Å². The van der Waals surface area contributed by atoms with Crippen LogP contribution in [-0.4, -0.2) is 58.3 Å². The van der Waals surface area contributed by atoms with Crippen LogP contribution in [0.1, 0.15) is 10.4 Å². The summed E-state index contributed by atoms with van der Waals surface area (Å²) in [5.74, 6) is 1.18. The Bertz CT molecular complexity index is 753. The number of likely N-dealkylation sites (N-methyl/N-ethyl adjacent to an activating group) is 1. The third kappa shape index (κ3) is 4.08. The number of amides is 1. The summed E-state index contributed by atoms with van der Waals surface area (Å²) in [4.78, 5) is 17.2. The Hall–Kier alpha value is -2.73. The van der Waals surface area contributed by atoms with E-state index >= 15 is 0 Å². The van der Waals surface area contributed by atoms with Gasteiger partial charge in [0.2, 0.25) is 0 Å². The van der Waals surface area contributed by atoms with E-state index in [0.717, 1.165) is 37.6 Å². The number of nitrogens with one attached hydrogen (secondary N) is 1. The minimum Gasteiger partial charge on any atom is -0.497 e. The fraction of sp³-hybridized carbons (Fsp3) is 0.350. The molecule has 0 atom stereocenters. The van der Waals surface area contributed by atoms with Crippen LogP contribution in [0.5, 0.6) is 11.5 Å². The van der Waals surface area contributed by atoms with Crippen LogP contribution in [0.4, 0.5) is 11.4 Å². The first-order valence-corrected chi connectivity index (χ1v) is 8.67. The molecule has 2 aromatic carbocycles. The van der Waals surface area contributed by atoms with Gasteiger partial charge in [-0.3, -0.25) is 4.79 Å². The second kappa shape index (κ2) is 8.10. The topological polar surface area (TPSA) is 54.0 Å². The largest absolute Gasteiger partial charge is 0.497 e. The predicted octanol–water partition coefficient (Wildman–Crippen LogP) is 2.71. The molecule has 0 radical (unpaired) electrons.